The van der Waals surface area contributed by atoms with Gasteiger partial charge in [0.15, 0.2) is 22.5 Å². The maximum atomic E-state index is 13.7. The summed E-state index contributed by atoms with van der Waals surface area (Å²) < 4.78 is 18.3. The highest BCUT2D eigenvalue weighted by Gasteiger charge is 2.35. The van der Waals surface area contributed by atoms with Crippen LogP contribution in [0, 0.1) is 0 Å². The molecule has 3 heterocycles. The molecule has 1 aliphatic heterocycles. The highest BCUT2D eigenvalue weighted by atomic mass is 32.2. The lowest BCUT2D eigenvalue weighted by molar-refractivity contribution is -0.130. The number of ether oxygens (including phenoxy) is 3. The zero-order chi connectivity index (χ0) is 29.6. The van der Waals surface area contributed by atoms with Crippen LogP contribution in [-0.4, -0.2) is 64.4 Å². The van der Waals surface area contributed by atoms with Gasteiger partial charge in [0.05, 0.1) is 50.3 Å². The standard InChI is InChI=1S/C29H30N6O5S2/c1-34-25(16-30-28(37)24-9-6-14-41-24)31-32-29(34)42-17-26(36)35-22(20-7-5-8-23(39-3)27(20)40-4)15-21(33-35)18-10-12-19(38-2)13-11-18/h5-14,22H,15-17H2,1-4H3,(H,30,37)/t22-/m1/s1. The van der Waals surface area contributed by atoms with Crippen LogP contribution in [0.4, 0.5) is 0 Å². The fourth-order valence-corrected chi connectivity index (χ4v) is 6.01. The number of nitrogens with one attached hydrogen (secondary N) is 1. The molecule has 0 radical (unpaired) electrons. The summed E-state index contributed by atoms with van der Waals surface area (Å²) in [5, 5.41) is 20.0. The van der Waals surface area contributed by atoms with E-state index in [0.717, 1.165) is 22.6 Å². The monoisotopic (exact) mass is 606 g/mol. The number of thiophene rings is 1. The minimum atomic E-state index is -0.400. The molecule has 0 bridgehead atoms. The number of carbonyl (C=O) groups excluding carboxylic acids is 2. The fourth-order valence-electron chi connectivity index (χ4n) is 4.59. The van der Waals surface area contributed by atoms with Crippen molar-refractivity contribution in [2.75, 3.05) is 27.1 Å². The number of rotatable bonds is 11. The lowest BCUT2D eigenvalue weighted by atomic mass is 9.97. The number of aromatic nitrogens is 3. The van der Waals surface area contributed by atoms with Crippen molar-refractivity contribution in [2.45, 2.75) is 24.2 Å². The number of benzene rings is 2. The van der Waals surface area contributed by atoms with Crippen LogP contribution in [0.25, 0.3) is 0 Å². The minimum absolute atomic E-state index is 0.0791. The summed E-state index contributed by atoms with van der Waals surface area (Å²) >= 11 is 2.63. The van der Waals surface area contributed by atoms with Crippen LogP contribution in [0.2, 0.25) is 0 Å². The van der Waals surface area contributed by atoms with Crippen molar-refractivity contribution < 1.29 is 23.8 Å². The van der Waals surface area contributed by atoms with Gasteiger partial charge >= 0.3 is 0 Å². The van der Waals surface area contributed by atoms with Gasteiger partial charge in [-0.25, -0.2) is 5.01 Å². The number of para-hydroxylation sites is 1. The van der Waals surface area contributed by atoms with E-state index in [4.69, 9.17) is 19.3 Å². The Morgan fingerprint density at radius 3 is 2.52 bits per heavy atom. The highest BCUT2D eigenvalue weighted by molar-refractivity contribution is 7.99. The molecule has 0 aliphatic carbocycles. The number of thioether (sulfide) groups is 1. The Morgan fingerprint density at radius 1 is 1.02 bits per heavy atom. The van der Waals surface area contributed by atoms with Gasteiger partial charge in [-0.1, -0.05) is 30.0 Å². The van der Waals surface area contributed by atoms with E-state index in [2.05, 4.69) is 15.5 Å². The van der Waals surface area contributed by atoms with Crippen molar-refractivity contribution in [2.24, 2.45) is 12.1 Å². The first-order valence-corrected chi connectivity index (χ1v) is 14.9. The number of nitrogens with zero attached hydrogens (tertiary/aromatic N) is 5. The Bertz CT molecular complexity index is 1590. The molecule has 42 heavy (non-hydrogen) atoms. The molecule has 0 spiro atoms. The Labute approximate surface area is 251 Å². The summed E-state index contributed by atoms with van der Waals surface area (Å²) in [5.74, 6) is 2.16. The normalized spacial score (nSPS) is 14.4. The largest absolute Gasteiger partial charge is 0.497 e. The molecule has 5 rings (SSSR count). The van der Waals surface area contributed by atoms with Crippen LogP contribution in [-0.2, 0) is 18.4 Å². The van der Waals surface area contributed by atoms with Gasteiger partial charge in [0.25, 0.3) is 11.8 Å². The molecule has 11 nitrogen and oxygen atoms in total. The topological polar surface area (TPSA) is 120 Å². The van der Waals surface area contributed by atoms with Gasteiger partial charge in [-0.2, -0.15) is 5.10 Å². The average Bonchev–Trinajstić information content (AvgIpc) is 3.79. The Balaban J connectivity index is 1.34. The van der Waals surface area contributed by atoms with Crippen LogP contribution >= 0.6 is 23.1 Å². The second-order valence-corrected chi connectivity index (χ2v) is 11.1. The van der Waals surface area contributed by atoms with Gasteiger partial charge in [-0.3, -0.25) is 9.59 Å². The van der Waals surface area contributed by atoms with Gasteiger partial charge in [0.1, 0.15) is 5.75 Å². The maximum Gasteiger partial charge on any atom is 0.261 e. The van der Waals surface area contributed by atoms with Crippen molar-refractivity contribution >= 4 is 40.6 Å². The van der Waals surface area contributed by atoms with E-state index in [0.29, 0.717) is 33.8 Å². The van der Waals surface area contributed by atoms with E-state index in [1.807, 2.05) is 53.9 Å². The summed E-state index contributed by atoms with van der Waals surface area (Å²) in [6.45, 7) is 0.216. The number of hydrogen-bond acceptors (Lipinski definition) is 10. The van der Waals surface area contributed by atoms with Crippen molar-refractivity contribution in [3.63, 3.8) is 0 Å². The van der Waals surface area contributed by atoms with Gasteiger partial charge in [0.2, 0.25) is 0 Å². The quantitative estimate of drug-likeness (QED) is 0.251. The first-order valence-electron chi connectivity index (χ1n) is 13.0. The molecule has 0 saturated carbocycles. The molecule has 218 valence electrons. The molecule has 0 fully saturated rings. The molecule has 1 N–H and O–H groups in total. The van der Waals surface area contributed by atoms with Crippen LogP contribution in [0.15, 0.2) is 70.2 Å². The third-order valence-electron chi connectivity index (χ3n) is 6.78. The van der Waals surface area contributed by atoms with Gasteiger partial charge in [0, 0.05) is 19.0 Å². The maximum absolute atomic E-state index is 13.7. The summed E-state index contributed by atoms with van der Waals surface area (Å²) in [4.78, 5) is 26.6. The number of hydrogen-bond donors (Lipinski definition) is 1. The molecule has 1 atom stereocenters. The summed E-state index contributed by atoms with van der Waals surface area (Å²) in [7, 11) is 6.58. The molecule has 2 aromatic heterocycles. The van der Waals surface area contributed by atoms with E-state index >= 15 is 0 Å². The van der Waals surface area contributed by atoms with Gasteiger partial charge in [-0.05, 0) is 47.3 Å². The molecule has 13 heteroatoms. The highest BCUT2D eigenvalue weighted by Crippen LogP contribution is 2.42. The smallest absolute Gasteiger partial charge is 0.261 e. The number of carbonyl (C=O) groups is 2. The zero-order valence-corrected chi connectivity index (χ0v) is 25.2. The number of hydrazone groups is 1. The number of amides is 2. The number of methoxy groups -OCH3 is 3. The van der Waals surface area contributed by atoms with Crippen molar-refractivity contribution in [1.82, 2.24) is 25.1 Å². The Morgan fingerprint density at radius 2 is 1.83 bits per heavy atom. The van der Waals surface area contributed by atoms with Gasteiger partial charge in [-0.15, -0.1) is 21.5 Å². The molecule has 4 aromatic rings. The van der Waals surface area contributed by atoms with Crippen LogP contribution in [0.1, 0.15) is 39.1 Å². The SMILES string of the molecule is COc1ccc(C2=NN(C(=O)CSc3nnc(CNC(=O)c4cccs4)n3C)[C@@H](c3cccc(OC)c3OC)C2)cc1. The van der Waals surface area contributed by atoms with E-state index < -0.39 is 6.04 Å². The Hall–Kier alpha value is -4.36. The second kappa shape index (κ2) is 13.1. The van der Waals surface area contributed by atoms with E-state index in [9.17, 15) is 9.59 Å². The third-order valence-corrected chi connectivity index (χ3v) is 8.66. The van der Waals surface area contributed by atoms with Crippen molar-refractivity contribution in [3.8, 4) is 17.2 Å². The van der Waals surface area contributed by atoms with E-state index in [1.54, 1.807) is 39.0 Å². The molecule has 2 amide bonds. The lowest BCUT2D eigenvalue weighted by Crippen LogP contribution is -2.29. The second-order valence-electron chi connectivity index (χ2n) is 9.22. The summed E-state index contributed by atoms with van der Waals surface area (Å²) in [5.41, 5.74) is 2.46. The fraction of sp³-hybridized carbons (Fsp3) is 0.276. The molecule has 0 unspecified atom stereocenters. The van der Waals surface area contributed by atoms with Crippen molar-refractivity contribution in [1.29, 1.82) is 0 Å². The van der Waals surface area contributed by atoms with Gasteiger partial charge < -0.3 is 24.1 Å². The molecule has 0 saturated heterocycles. The summed E-state index contributed by atoms with van der Waals surface area (Å²) in [6, 6.07) is 16.4. The molecular formula is C29H30N6O5S2. The Kier molecular flexibility index (Phi) is 9.08. The molecular weight excluding hydrogens is 576 g/mol. The predicted molar refractivity (Wildman–Crippen MR) is 160 cm³/mol. The first kappa shape index (κ1) is 29.1. The van der Waals surface area contributed by atoms with Crippen LogP contribution in [0.3, 0.4) is 0 Å². The van der Waals surface area contributed by atoms with Crippen molar-refractivity contribution in [3.05, 3.63) is 81.8 Å². The van der Waals surface area contributed by atoms with E-state index in [1.165, 1.54) is 28.1 Å². The lowest BCUT2D eigenvalue weighted by Gasteiger charge is -2.24. The average molecular weight is 607 g/mol. The first-order chi connectivity index (χ1) is 20.4. The predicted octanol–water partition coefficient (Wildman–Crippen LogP) is 4.30. The van der Waals surface area contributed by atoms with E-state index in [-0.39, 0.29) is 24.1 Å². The molecule has 1 aliphatic rings. The van der Waals surface area contributed by atoms with Crippen LogP contribution < -0.4 is 19.5 Å². The minimum Gasteiger partial charge on any atom is -0.497 e. The zero-order valence-electron chi connectivity index (χ0n) is 23.6. The van der Waals surface area contributed by atoms with Crippen LogP contribution in [0.5, 0.6) is 17.2 Å². The third kappa shape index (κ3) is 6.11. The summed E-state index contributed by atoms with van der Waals surface area (Å²) in [6.07, 6.45) is 0.490. The molecule has 2 aromatic carbocycles.